The van der Waals surface area contributed by atoms with Crippen LogP contribution in [0.3, 0.4) is 0 Å². The number of nitrogens with zero attached hydrogens (tertiary/aromatic N) is 3. The SMILES string of the molecule is CNSc1ccc(NC2CCCCC2)c(/C(N)=N/N(N)C2CN(SC)C2)c1. The normalized spacial score (nSPS) is 19.7. The summed E-state index contributed by atoms with van der Waals surface area (Å²) in [6, 6.07) is 7.00. The fraction of sp³-hybridized carbons (Fsp3) is 0.611. The summed E-state index contributed by atoms with van der Waals surface area (Å²) in [6.07, 6.45) is 8.40. The Bertz CT molecular complexity index is 643. The molecule has 1 saturated carbocycles. The number of hydrazine groups is 1. The van der Waals surface area contributed by atoms with Crippen molar-refractivity contribution in [2.45, 2.75) is 49.1 Å². The van der Waals surface area contributed by atoms with Crippen LogP contribution >= 0.6 is 23.9 Å². The van der Waals surface area contributed by atoms with Crippen molar-refractivity contribution in [2.75, 3.05) is 31.7 Å². The quantitative estimate of drug-likeness (QED) is 0.171. The molecule has 2 fully saturated rings. The second kappa shape index (κ2) is 9.88. The predicted molar refractivity (Wildman–Crippen MR) is 117 cm³/mol. The van der Waals surface area contributed by atoms with E-state index in [0.29, 0.717) is 11.9 Å². The van der Waals surface area contributed by atoms with E-state index in [4.69, 9.17) is 11.6 Å². The molecule has 2 aliphatic rings. The average Bonchev–Trinajstić information content (AvgIpc) is 2.63. The first kappa shape index (κ1) is 20.6. The average molecular weight is 410 g/mol. The first-order valence-electron chi connectivity index (χ1n) is 9.52. The number of nitrogens with one attached hydrogen (secondary N) is 2. The van der Waals surface area contributed by atoms with Crippen LogP contribution in [0.4, 0.5) is 5.69 Å². The standard InChI is InChI=1S/C18H31N7S2/c1-21-27-15-8-9-17(22-13-6-4-3-5-7-13)16(10-15)18(19)23-25(20)14-11-24(12-14)26-2/h8-10,13-14,21-22H,3-7,11-12,20H2,1-2H3,(H2,19,23). The van der Waals surface area contributed by atoms with Gasteiger partial charge in [-0.15, -0.1) is 5.10 Å². The third-order valence-corrected chi connectivity index (χ3v) is 6.64. The highest BCUT2D eigenvalue weighted by Crippen LogP contribution is 2.27. The molecule has 1 saturated heterocycles. The van der Waals surface area contributed by atoms with Crippen LogP contribution in [0.25, 0.3) is 0 Å². The van der Waals surface area contributed by atoms with E-state index in [1.807, 2.05) is 7.05 Å². The van der Waals surface area contributed by atoms with E-state index in [1.165, 1.54) is 37.2 Å². The molecule has 7 nitrogen and oxygen atoms in total. The summed E-state index contributed by atoms with van der Waals surface area (Å²) in [6.45, 7) is 1.80. The third kappa shape index (κ3) is 5.45. The zero-order valence-electron chi connectivity index (χ0n) is 16.1. The third-order valence-electron chi connectivity index (χ3n) is 5.14. The van der Waals surface area contributed by atoms with Crippen LogP contribution in [-0.4, -0.2) is 53.7 Å². The van der Waals surface area contributed by atoms with Gasteiger partial charge in [-0.3, -0.25) is 4.72 Å². The van der Waals surface area contributed by atoms with Crippen LogP contribution in [0.2, 0.25) is 0 Å². The number of benzene rings is 1. The summed E-state index contributed by atoms with van der Waals surface area (Å²) in [4.78, 5) is 1.10. The molecule has 0 unspecified atom stereocenters. The van der Waals surface area contributed by atoms with Gasteiger partial charge in [0.05, 0.1) is 6.04 Å². The fourth-order valence-corrected chi connectivity index (χ4v) is 4.69. The highest BCUT2D eigenvalue weighted by atomic mass is 32.2. The van der Waals surface area contributed by atoms with Gasteiger partial charge in [0.1, 0.15) is 0 Å². The summed E-state index contributed by atoms with van der Waals surface area (Å²) < 4.78 is 5.36. The first-order chi connectivity index (χ1) is 13.1. The lowest BCUT2D eigenvalue weighted by molar-refractivity contribution is 0.0991. The molecular weight excluding hydrogens is 378 g/mol. The van der Waals surface area contributed by atoms with Crippen LogP contribution in [0.1, 0.15) is 37.7 Å². The van der Waals surface area contributed by atoms with Crippen LogP contribution in [0, 0.1) is 0 Å². The van der Waals surface area contributed by atoms with Crippen molar-refractivity contribution in [1.82, 2.24) is 14.1 Å². The first-order valence-corrected chi connectivity index (χ1v) is 11.5. The lowest BCUT2D eigenvalue weighted by Crippen LogP contribution is -2.57. The predicted octanol–water partition coefficient (Wildman–Crippen LogP) is 2.42. The van der Waals surface area contributed by atoms with Crippen molar-refractivity contribution >= 4 is 35.4 Å². The van der Waals surface area contributed by atoms with Crippen molar-refractivity contribution in [1.29, 1.82) is 0 Å². The van der Waals surface area contributed by atoms with Crippen molar-refractivity contribution in [2.24, 2.45) is 16.7 Å². The molecule has 1 aliphatic heterocycles. The molecule has 1 heterocycles. The molecule has 0 aromatic heterocycles. The number of hydrogen-bond acceptors (Lipinski definition) is 8. The van der Waals surface area contributed by atoms with E-state index in [9.17, 15) is 0 Å². The highest BCUT2D eigenvalue weighted by Gasteiger charge is 2.30. The van der Waals surface area contributed by atoms with Crippen LogP contribution in [0.5, 0.6) is 0 Å². The molecular formula is C18H31N7S2. The van der Waals surface area contributed by atoms with Crippen LogP contribution in [-0.2, 0) is 0 Å². The Balaban J connectivity index is 1.77. The van der Waals surface area contributed by atoms with Crippen molar-refractivity contribution in [3.8, 4) is 0 Å². The Hall–Kier alpha value is -1.13. The van der Waals surface area contributed by atoms with Gasteiger partial charge in [-0.2, -0.15) is 0 Å². The Morgan fingerprint density at radius 3 is 2.67 bits per heavy atom. The van der Waals surface area contributed by atoms with E-state index in [0.717, 1.165) is 29.2 Å². The van der Waals surface area contributed by atoms with E-state index >= 15 is 0 Å². The molecule has 1 aromatic rings. The molecule has 1 aliphatic carbocycles. The van der Waals surface area contributed by atoms with Gasteiger partial charge >= 0.3 is 0 Å². The molecule has 0 amide bonds. The molecule has 1 aromatic carbocycles. The van der Waals surface area contributed by atoms with Gasteiger partial charge in [0.2, 0.25) is 0 Å². The maximum Gasteiger partial charge on any atom is 0.154 e. The van der Waals surface area contributed by atoms with E-state index in [2.05, 4.69) is 43.9 Å². The van der Waals surface area contributed by atoms with E-state index in [1.54, 1.807) is 23.9 Å². The Morgan fingerprint density at radius 2 is 2.00 bits per heavy atom. The molecule has 3 rings (SSSR count). The zero-order chi connectivity index (χ0) is 19.2. The molecule has 27 heavy (non-hydrogen) atoms. The minimum absolute atomic E-state index is 0.209. The summed E-state index contributed by atoms with van der Waals surface area (Å²) >= 11 is 3.29. The largest absolute Gasteiger partial charge is 0.382 e. The van der Waals surface area contributed by atoms with Crippen LogP contribution < -0.4 is 21.6 Å². The Labute approximate surface area is 170 Å². The van der Waals surface area contributed by atoms with Gasteiger partial charge in [0, 0.05) is 35.3 Å². The number of anilines is 1. The second-order valence-corrected chi connectivity index (χ2v) is 9.01. The number of nitrogens with two attached hydrogens (primary N) is 2. The summed E-state index contributed by atoms with van der Waals surface area (Å²) in [7, 11) is 1.91. The summed E-state index contributed by atoms with van der Waals surface area (Å²) in [5.74, 6) is 6.61. The number of amidine groups is 1. The van der Waals surface area contributed by atoms with Gasteiger partial charge in [-0.1, -0.05) is 31.2 Å². The molecule has 6 N–H and O–H groups in total. The molecule has 9 heteroatoms. The maximum absolute atomic E-state index is 6.39. The molecule has 0 bridgehead atoms. The number of hydrazone groups is 1. The van der Waals surface area contributed by atoms with Crippen LogP contribution in [0.15, 0.2) is 28.2 Å². The van der Waals surface area contributed by atoms with E-state index < -0.39 is 0 Å². The van der Waals surface area contributed by atoms with Gasteiger partial charge < -0.3 is 11.1 Å². The fourth-order valence-electron chi connectivity index (χ4n) is 3.50. The topological polar surface area (TPSA) is 94.9 Å². The maximum atomic E-state index is 6.39. The van der Waals surface area contributed by atoms with Crippen molar-refractivity contribution in [3.63, 3.8) is 0 Å². The number of rotatable bonds is 8. The summed E-state index contributed by atoms with van der Waals surface area (Å²) in [5.41, 5.74) is 8.34. The zero-order valence-corrected chi connectivity index (χ0v) is 17.8. The number of hydrogen-bond donors (Lipinski definition) is 4. The minimum Gasteiger partial charge on any atom is -0.382 e. The van der Waals surface area contributed by atoms with Gasteiger partial charge in [0.25, 0.3) is 0 Å². The molecule has 0 atom stereocenters. The smallest absolute Gasteiger partial charge is 0.154 e. The highest BCUT2D eigenvalue weighted by molar-refractivity contribution is 7.97. The van der Waals surface area contributed by atoms with E-state index in [-0.39, 0.29) is 6.04 Å². The van der Waals surface area contributed by atoms with Crippen molar-refractivity contribution < 1.29 is 0 Å². The van der Waals surface area contributed by atoms with Gasteiger partial charge in [-0.25, -0.2) is 15.3 Å². The molecule has 0 radical (unpaired) electrons. The second-order valence-electron chi connectivity index (χ2n) is 7.04. The monoisotopic (exact) mass is 409 g/mol. The van der Waals surface area contributed by atoms with Gasteiger partial charge in [-0.05, 0) is 56.3 Å². The lowest BCUT2D eigenvalue weighted by Gasteiger charge is -2.40. The minimum atomic E-state index is 0.209. The Morgan fingerprint density at radius 1 is 1.26 bits per heavy atom. The van der Waals surface area contributed by atoms with Gasteiger partial charge in [0.15, 0.2) is 5.84 Å². The Kier molecular flexibility index (Phi) is 7.54. The summed E-state index contributed by atoms with van der Waals surface area (Å²) in [5, 5.41) is 9.70. The van der Waals surface area contributed by atoms with Crippen molar-refractivity contribution in [3.05, 3.63) is 23.8 Å². The lowest BCUT2D eigenvalue weighted by atomic mass is 9.95. The molecule has 150 valence electrons. The molecule has 0 spiro atoms.